The number of aromatic hydroxyl groups is 2. The van der Waals surface area contributed by atoms with E-state index in [0.717, 1.165) is 16.3 Å². The molecule has 0 aliphatic carbocycles. The van der Waals surface area contributed by atoms with E-state index >= 15 is 0 Å². The van der Waals surface area contributed by atoms with Crippen LogP contribution in [0.2, 0.25) is 0 Å². The minimum absolute atomic E-state index is 0.0771. The zero-order chi connectivity index (χ0) is 24.7. The number of nitrogens with zero attached hydrogens (tertiary/aromatic N) is 2. The van der Waals surface area contributed by atoms with Crippen LogP contribution in [0.15, 0.2) is 81.7 Å². The number of benzene rings is 3. The zero-order valence-electron chi connectivity index (χ0n) is 19.1. The van der Waals surface area contributed by atoms with Crippen LogP contribution in [-0.2, 0) is 9.53 Å². The predicted octanol–water partition coefficient (Wildman–Crippen LogP) is 3.36. The molecular weight excluding hydrogens is 464 g/mol. The monoisotopic (exact) mass is 486 g/mol. The molecule has 0 amide bonds. The van der Waals surface area contributed by atoms with Gasteiger partial charge in [-0.2, -0.15) is 0 Å². The maximum absolute atomic E-state index is 13.7. The summed E-state index contributed by atoms with van der Waals surface area (Å²) >= 11 is 1.17. The average molecular weight is 487 g/mol. The average Bonchev–Trinajstić information content (AvgIpc) is 3.14. The van der Waals surface area contributed by atoms with Gasteiger partial charge in [0.2, 0.25) is 0 Å². The molecular formula is C27H22N2O5S. The fourth-order valence-electron chi connectivity index (χ4n) is 4.37. The summed E-state index contributed by atoms with van der Waals surface area (Å²) < 4.78 is 7.23. The van der Waals surface area contributed by atoms with Gasteiger partial charge >= 0.3 is 5.97 Å². The fraction of sp³-hybridized carbons (Fsp3) is 0.148. The highest BCUT2D eigenvalue weighted by atomic mass is 32.1. The lowest BCUT2D eigenvalue weighted by atomic mass is 9.91. The number of hydrogen-bond donors (Lipinski definition) is 2. The summed E-state index contributed by atoms with van der Waals surface area (Å²) in [6.45, 7) is 3.68. The van der Waals surface area contributed by atoms with Crippen molar-refractivity contribution in [3.8, 4) is 11.5 Å². The van der Waals surface area contributed by atoms with Gasteiger partial charge in [-0.15, -0.1) is 0 Å². The second-order valence-electron chi connectivity index (χ2n) is 8.11. The molecule has 0 spiro atoms. The Kier molecular flexibility index (Phi) is 5.74. The Labute approximate surface area is 204 Å². The van der Waals surface area contributed by atoms with Gasteiger partial charge in [0.25, 0.3) is 5.56 Å². The normalized spacial score (nSPS) is 15.7. The number of phenols is 2. The first-order valence-electron chi connectivity index (χ1n) is 11.1. The number of hydrogen-bond acceptors (Lipinski definition) is 7. The van der Waals surface area contributed by atoms with Crippen LogP contribution >= 0.6 is 11.3 Å². The number of allylic oxidation sites excluding steroid dienone is 1. The molecule has 0 fully saturated rings. The van der Waals surface area contributed by atoms with E-state index in [1.807, 2.05) is 42.5 Å². The van der Waals surface area contributed by atoms with Gasteiger partial charge in [0, 0.05) is 11.6 Å². The third kappa shape index (κ3) is 3.91. The fourth-order valence-corrected chi connectivity index (χ4v) is 5.41. The minimum atomic E-state index is -0.730. The third-order valence-electron chi connectivity index (χ3n) is 5.94. The Bertz CT molecular complexity index is 1690. The van der Waals surface area contributed by atoms with Crippen molar-refractivity contribution in [3.63, 3.8) is 0 Å². The van der Waals surface area contributed by atoms with E-state index in [1.165, 1.54) is 34.1 Å². The number of thiazole rings is 1. The highest BCUT2D eigenvalue weighted by Gasteiger charge is 2.34. The van der Waals surface area contributed by atoms with Crippen molar-refractivity contribution in [2.75, 3.05) is 6.61 Å². The van der Waals surface area contributed by atoms with Crippen molar-refractivity contribution in [1.82, 2.24) is 4.57 Å². The van der Waals surface area contributed by atoms with Gasteiger partial charge in [0.1, 0.15) is 11.5 Å². The van der Waals surface area contributed by atoms with Crippen LogP contribution in [0.25, 0.3) is 16.8 Å². The van der Waals surface area contributed by atoms with Gasteiger partial charge in [0.15, 0.2) is 4.80 Å². The topological polar surface area (TPSA) is 101 Å². The van der Waals surface area contributed by atoms with Gasteiger partial charge in [0.05, 0.1) is 28.5 Å². The standard InChI is InChI=1S/C27H22N2O5S/c1-3-34-26(33)23-15(2)28-27-29(24(23)20-10-6-8-16-7-4-5-9-19(16)20)25(32)22(35-27)13-17-11-12-18(30)14-21(17)31/h4-14,24,30-31H,3H2,1-2H3/t24-/m1/s1. The number of carbonyl (C=O) groups is 1. The van der Waals surface area contributed by atoms with Crippen LogP contribution in [0.1, 0.15) is 31.0 Å². The number of ether oxygens (including phenoxy) is 1. The van der Waals surface area contributed by atoms with Crippen LogP contribution in [-0.4, -0.2) is 27.4 Å². The first-order valence-corrected chi connectivity index (χ1v) is 11.9. The van der Waals surface area contributed by atoms with Crippen LogP contribution in [0.3, 0.4) is 0 Å². The Morgan fingerprint density at radius 1 is 1.14 bits per heavy atom. The number of aromatic nitrogens is 1. The Morgan fingerprint density at radius 2 is 1.91 bits per heavy atom. The second-order valence-corrected chi connectivity index (χ2v) is 9.12. The van der Waals surface area contributed by atoms with Gasteiger partial charge < -0.3 is 14.9 Å². The molecule has 5 rings (SSSR count). The number of esters is 1. The van der Waals surface area contributed by atoms with Crippen LogP contribution < -0.4 is 14.9 Å². The molecule has 35 heavy (non-hydrogen) atoms. The van der Waals surface area contributed by atoms with Crippen molar-refractivity contribution in [2.45, 2.75) is 19.9 Å². The molecule has 1 aliphatic rings. The molecule has 8 heteroatoms. The molecule has 2 N–H and O–H groups in total. The molecule has 2 heterocycles. The largest absolute Gasteiger partial charge is 0.508 e. The third-order valence-corrected chi connectivity index (χ3v) is 6.92. The maximum Gasteiger partial charge on any atom is 0.338 e. The van der Waals surface area contributed by atoms with Gasteiger partial charge in [-0.25, -0.2) is 9.79 Å². The highest BCUT2D eigenvalue weighted by Crippen LogP contribution is 2.34. The molecule has 4 aromatic rings. The summed E-state index contributed by atoms with van der Waals surface area (Å²) in [5, 5.41) is 21.7. The molecule has 0 bridgehead atoms. The molecule has 1 aliphatic heterocycles. The first-order chi connectivity index (χ1) is 16.9. The Hall–Kier alpha value is -4.17. The number of rotatable bonds is 4. The van der Waals surface area contributed by atoms with E-state index < -0.39 is 12.0 Å². The van der Waals surface area contributed by atoms with Crippen LogP contribution in [0.4, 0.5) is 0 Å². The zero-order valence-corrected chi connectivity index (χ0v) is 19.9. The van der Waals surface area contributed by atoms with Crippen molar-refractivity contribution >= 4 is 34.2 Å². The molecule has 0 radical (unpaired) electrons. The SMILES string of the molecule is CCOC(=O)C1=C(C)N=c2sc(=Cc3ccc(O)cc3O)c(=O)n2[C@@H]1c1cccc2ccccc12. The summed E-state index contributed by atoms with van der Waals surface area (Å²) in [6.07, 6.45) is 1.56. The Balaban J connectivity index is 1.81. The van der Waals surface area contributed by atoms with Crippen molar-refractivity contribution < 1.29 is 19.7 Å². The van der Waals surface area contributed by atoms with Crippen molar-refractivity contribution in [2.24, 2.45) is 4.99 Å². The Morgan fingerprint density at radius 3 is 2.69 bits per heavy atom. The molecule has 0 unspecified atom stereocenters. The lowest BCUT2D eigenvalue weighted by molar-refractivity contribution is -0.139. The minimum Gasteiger partial charge on any atom is -0.508 e. The van der Waals surface area contributed by atoms with E-state index in [4.69, 9.17) is 4.74 Å². The highest BCUT2D eigenvalue weighted by molar-refractivity contribution is 7.07. The summed E-state index contributed by atoms with van der Waals surface area (Å²) in [7, 11) is 0. The van der Waals surface area contributed by atoms with E-state index in [2.05, 4.69) is 4.99 Å². The van der Waals surface area contributed by atoms with Crippen molar-refractivity contribution in [3.05, 3.63) is 103 Å². The summed E-state index contributed by atoms with van der Waals surface area (Å²) in [4.78, 5) is 31.9. The van der Waals surface area contributed by atoms with E-state index in [-0.39, 0.29) is 23.7 Å². The first kappa shape index (κ1) is 22.6. The molecule has 176 valence electrons. The summed E-state index contributed by atoms with van der Waals surface area (Å²) in [6, 6.07) is 17.1. The molecule has 3 aromatic carbocycles. The summed E-state index contributed by atoms with van der Waals surface area (Å²) in [5.41, 5.74) is 1.64. The van der Waals surface area contributed by atoms with Gasteiger partial charge in [-0.1, -0.05) is 53.8 Å². The number of phenolic OH excluding ortho intramolecular Hbond substituents is 2. The van der Waals surface area contributed by atoms with Crippen molar-refractivity contribution in [1.29, 1.82) is 0 Å². The van der Waals surface area contributed by atoms with Gasteiger partial charge in [-0.05, 0) is 48.4 Å². The summed E-state index contributed by atoms with van der Waals surface area (Å²) in [5.74, 6) is -0.742. The van der Waals surface area contributed by atoms with E-state index in [1.54, 1.807) is 19.9 Å². The lowest BCUT2D eigenvalue weighted by Crippen LogP contribution is -2.40. The molecule has 7 nitrogen and oxygen atoms in total. The second kappa shape index (κ2) is 8.88. The van der Waals surface area contributed by atoms with E-state index in [0.29, 0.717) is 26.2 Å². The predicted molar refractivity (Wildman–Crippen MR) is 134 cm³/mol. The molecule has 1 atom stereocenters. The van der Waals surface area contributed by atoms with E-state index in [9.17, 15) is 19.8 Å². The van der Waals surface area contributed by atoms with Gasteiger partial charge in [-0.3, -0.25) is 9.36 Å². The maximum atomic E-state index is 13.7. The lowest BCUT2D eigenvalue weighted by Gasteiger charge is -2.25. The number of carbonyl (C=O) groups excluding carboxylic acids is 1. The smallest absolute Gasteiger partial charge is 0.338 e. The van der Waals surface area contributed by atoms with Crippen LogP contribution in [0, 0.1) is 0 Å². The molecule has 1 aromatic heterocycles. The molecule has 0 saturated heterocycles. The number of fused-ring (bicyclic) bond motifs is 2. The quantitative estimate of drug-likeness (QED) is 0.431. The van der Waals surface area contributed by atoms with Crippen LogP contribution in [0.5, 0.6) is 11.5 Å². The molecule has 0 saturated carbocycles.